The number of rotatable bonds is 8. The molecule has 0 N–H and O–H groups in total. The van der Waals surface area contributed by atoms with E-state index in [1.54, 1.807) is 0 Å². The van der Waals surface area contributed by atoms with Crippen LogP contribution in [0.2, 0.25) is 0 Å². The van der Waals surface area contributed by atoms with Crippen molar-refractivity contribution in [3.63, 3.8) is 0 Å². The molecule has 1 aliphatic rings. The number of unbranched alkanes of at least 4 members (excludes halogenated alkanes) is 1. The van der Waals surface area contributed by atoms with Crippen LogP contribution in [0.1, 0.15) is 90.2 Å². The Morgan fingerprint density at radius 3 is 2.03 bits per heavy atom. The maximum absolute atomic E-state index is 14.1. The molecule has 1 unspecified atom stereocenters. The number of hydrogen-bond acceptors (Lipinski definition) is 2. The predicted octanol–water partition coefficient (Wildman–Crippen LogP) is 6.03. The maximum atomic E-state index is 14.1. The molecule has 3 nitrogen and oxygen atoms in total. The predicted molar refractivity (Wildman–Crippen MR) is 128 cm³/mol. The second kappa shape index (κ2) is 9.39. The SMILES string of the molecule is CCCCC1(CC)OB(c2ccccc2)N(c2c(C(C)C)cccc2C(C)C)C1=O. The first-order chi connectivity index (χ1) is 14.4. The second-order valence-electron chi connectivity index (χ2n) is 9.10. The summed E-state index contributed by atoms with van der Waals surface area (Å²) in [4.78, 5) is 16.1. The van der Waals surface area contributed by atoms with E-state index in [2.05, 4.69) is 71.9 Å². The van der Waals surface area contributed by atoms with Crippen LogP contribution >= 0.6 is 0 Å². The smallest absolute Gasteiger partial charge is 0.398 e. The van der Waals surface area contributed by atoms with Gasteiger partial charge in [0.1, 0.15) is 5.60 Å². The average molecular weight is 405 g/mol. The molecular formula is C26H36BNO2. The maximum Gasteiger partial charge on any atom is 0.459 e. The summed E-state index contributed by atoms with van der Waals surface area (Å²) in [5.41, 5.74) is 3.75. The summed E-state index contributed by atoms with van der Waals surface area (Å²) < 4.78 is 6.71. The van der Waals surface area contributed by atoms with E-state index >= 15 is 0 Å². The van der Waals surface area contributed by atoms with E-state index in [1.165, 1.54) is 11.1 Å². The third kappa shape index (κ3) is 4.07. The lowest BCUT2D eigenvalue weighted by Crippen LogP contribution is -2.48. The molecule has 2 aromatic rings. The van der Waals surface area contributed by atoms with Crippen molar-refractivity contribution in [1.29, 1.82) is 0 Å². The Hall–Kier alpha value is -2.07. The van der Waals surface area contributed by atoms with Crippen LogP contribution in [-0.2, 0) is 9.45 Å². The Balaban J connectivity index is 2.23. The molecule has 1 heterocycles. The zero-order chi connectivity index (χ0) is 21.9. The summed E-state index contributed by atoms with van der Waals surface area (Å²) in [7, 11) is -0.395. The molecule has 0 aliphatic carbocycles. The lowest BCUT2D eigenvalue weighted by atomic mass is 9.70. The highest BCUT2D eigenvalue weighted by Gasteiger charge is 2.55. The summed E-state index contributed by atoms with van der Waals surface area (Å²) in [6.45, 7) is 13.0. The van der Waals surface area contributed by atoms with Gasteiger partial charge in [0.05, 0.1) is 0 Å². The molecule has 1 amide bonds. The average Bonchev–Trinajstić information content (AvgIpc) is 3.04. The Labute approximate surface area is 183 Å². The molecule has 0 saturated carbocycles. The van der Waals surface area contributed by atoms with Crippen LogP contribution in [0, 0.1) is 0 Å². The lowest BCUT2D eigenvalue weighted by molar-refractivity contribution is -0.130. The fourth-order valence-electron chi connectivity index (χ4n) is 4.53. The number of hydrogen-bond donors (Lipinski definition) is 0. The van der Waals surface area contributed by atoms with Crippen LogP contribution in [0.3, 0.4) is 0 Å². The first-order valence-corrected chi connectivity index (χ1v) is 11.6. The standard InChI is InChI=1S/C26H36BNO2/c1-7-9-18-26(8-2)25(29)28(27(30-26)21-14-11-10-12-15-21)24-22(19(3)4)16-13-17-23(24)20(5)6/h10-17,19-20H,7-9,18H2,1-6H3. The molecular weight excluding hydrogens is 369 g/mol. The Morgan fingerprint density at radius 1 is 0.933 bits per heavy atom. The number of carbonyl (C=O) groups excluding carboxylic acids is 1. The van der Waals surface area contributed by atoms with Gasteiger partial charge >= 0.3 is 7.05 Å². The third-order valence-electron chi connectivity index (χ3n) is 6.35. The molecule has 1 atom stereocenters. The molecule has 160 valence electrons. The van der Waals surface area contributed by atoms with E-state index in [0.29, 0.717) is 18.3 Å². The van der Waals surface area contributed by atoms with Gasteiger partial charge < -0.3 is 9.47 Å². The highest BCUT2D eigenvalue weighted by molar-refractivity contribution is 6.77. The zero-order valence-corrected chi connectivity index (χ0v) is 19.4. The van der Waals surface area contributed by atoms with Crippen LogP contribution in [-0.4, -0.2) is 18.6 Å². The van der Waals surface area contributed by atoms with Crippen molar-refractivity contribution in [2.75, 3.05) is 4.81 Å². The second-order valence-corrected chi connectivity index (χ2v) is 9.10. The Bertz CT molecular complexity index is 838. The van der Waals surface area contributed by atoms with Crippen molar-refractivity contribution < 1.29 is 9.45 Å². The lowest BCUT2D eigenvalue weighted by Gasteiger charge is -2.30. The van der Waals surface area contributed by atoms with Gasteiger partial charge in [-0.2, -0.15) is 0 Å². The fourth-order valence-corrected chi connectivity index (χ4v) is 4.53. The van der Waals surface area contributed by atoms with Crippen molar-refractivity contribution in [1.82, 2.24) is 0 Å². The number of carbonyl (C=O) groups is 1. The minimum atomic E-state index is -0.755. The molecule has 1 saturated heterocycles. The normalized spacial score (nSPS) is 19.4. The minimum Gasteiger partial charge on any atom is -0.398 e. The van der Waals surface area contributed by atoms with Gasteiger partial charge in [-0.3, -0.25) is 4.79 Å². The number of anilines is 1. The van der Waals surface area contributed by atoms with Crippen LogP contribution in [0.5, 0.6) is 0 Å². The van der Waals surface area contributed by atoms with Crippen LogP contribution in [0.25, 0.3) is 0 Å². The molecule has 1 aliphatic heterocycles. The molecule has 3 rings (SSSR count). The van der Waals surface area contributed by atoms with Gasteiger partial charge in [0.25, 0.3) is 0 Å². The first kappa shape index (κ1) is 22.6. The molecule has 30 heavy (non-hydrogen) atoms. The number of benzene rings is 2. The van der Waals surface area contributed by atoms with E-state index in [1.807, 2.05) is 23.0 Å². The van der Waals surface area contributed by atoms with Gasteiger partial charge in [-0.1, -0.05) is 103 Å². The molecule has 0 aromatic heterocycles. The highest BCUT2D eigenvalue weighted by Crippen LogP contribution is 2.42. The van der Waals surface area contributed by atoms with Gasteiger partial charge in [0, 0.05) is 5.69 Å². The minimum absolute atomic E-state index is 0.113. The largest absolute Gasteiger partial charge is 0.459 e. The van der Waals surface area contributed by atoms with Crippen molar-refractivity contribution in [2.45, 2.75) is 84.7 Å². The molecule has 4 heteroatoms. The van der Waals surface area contributed by atoms with E-state index in [-0.39, 0.29) is 5.91 Å². The Morgan fingerprint density at radius 2 is 1.53 bits per heavy atom. The van der Waals surface area contributed by atoms with E-state index in [9.17, 15) is 4.79 Å². The highest BCUT2D eigenvalue weighted by atomic mass is 16.5. The quantitative estimate of drug-likeness (QED) is 0.502. The van der Waals surface area contributed by atoms with E-state index in [0.717, 1.165) is 30.4 Å². The summed E-state index contributed by atoms with van der Waals surface area (Å²) >= 11 is 0. The molecule has 0 spiro atoms. The van der Waals surface area contributed by atoms with Crippen molar-refractivity contribution in [2.24, 2.45) is 0 Å². The summed E-state index contributed by atoms with van der Waals surface area (Å²) in [6, 6.07) is 16.7. The van der Waals surface area contributed by atoms with Gasteiger partial charge in [-0.25, -0.2) is 0 Å². The van der Waals surface area contributed by atoms with Crippen molar-refractivity contribution in [3.05, 3.63) is 59.7 Å². The Kier molecular flexibility index (Phi) is 7.08. The van der Waals surface area contributed by atoms with Crippen molar-refractivity contribution in [3.8, 4) is 0 Å². The van der Waals surface area contributed by atoms with Gasteiger partial charge in [0.2, 0.25) is 5.91 Å². The van der Waals surface area contributed by atoms with Crippen molar-refractivity contribution >= 4 is 24.1 Å². The summed E-state index contributed by atoms with van der Waals surface area (Å²) in [5.74, 6) is 0.743. The number of nitrogens with zero attached hydrogens (tertiary/aromatic N) is 1. The summed E-state index contributed by atoms with van der Waals surface area (Å²) in [5, 5.41) is 0. The fraction of sp³-hybridized carbons (Fsp3) is 0.500. The van der Waals surface area contributed by atoms with E-state index < -0.39 is 12.7 Å². The number of amides is 1. The first-order valence-electron chi connectivity index (χ1n) is 11.6. The molecule has 0 bridgehead atoms. The van der Waals surface area contributed by atoms with Crippen LogP contribution < -0.4 is 10.3 Å². The molecule has 2 aromatic carbocycles. The van der Waals surface area contributed by atoms with E-state index in [4.69, 9.17) is 4.65 Å². The molecule has 1 fully saturated rings. The number of para-hydroxylation sites is 1. The van der Waals surface area contributed by atoms with Crippen LogP contribution in [0.4, 0.5) is 5.69 Å². The van der Waals surface area contributed by atoms with Crippen LogP contribution in [0.15, 0.2) is 48.5 Å². The molecule has 0 radical (unpaired) electrons. The monoisotopic (exact) mass is 405 g/mol. The van der Waals surface area contributed by atoms with Gasteiger partial charge in [-0.15, -0.1) is 0 Å². The van der Waals surface area contributed by atoms with Gasteiger partial charge in [-0.05, 0) is 41.3 Å². The topological polar surface area (TPSA) is 29.5 Å². The third-order valence-corrected chi connectivity index (χ3v) is 6.35. The van der Waals surface area contributed by atoms with Gasteiger partial charge in [0.15, 0.2) is 0 Å². The zero-order valence-electron chi connectivity index (χ0n) is 19.4. The summed E-state index contributed by atoms with van der Waals surface area (Å²) in [6.07, 6.45) is 3.48.